The maximum absolute atomic E-state index is 9.10. The van der Waals surface area contributed by atoms with Crippen molar-refractivity contribution in [2.24, 2.45) is 0 Å². The van der Waals surface area contributed by atoms with Gasteiger partial charge in [-0.15, -0.1) is 0 Å². The van der Waals surface area contributed by atoms with Gasteiger partial charge in [0.05, 0.1) is 36.1 Å². The van der Waals surface area contributed by atoms with E-state index < -0.39 is 0 Å². The van der Waals surface area contributed by atoms with E-state index in [0.717, 1.165) is 73.7 Å². The lowest BCUT2D eigenvalue weighted by molar-refractivity contribution is 0.0384. The third-order valence-electron chi connectivity index (χ3n) is 5.73. The molecule has 0 amide bonds. The first-order chi connectivity index (χ1) is 14.8. The molecule has 3 heterocycles. The van der Waals surface area contributed by atoms with Crippen molar-refractivity contribution in [3.05, 3.63) is 53.6 Å². The van der Waals surface area contributed by atoms with Gasteiger partial charge < -0.3 is 15.0 Å². The minimum Gasteiger partial charge on any atom is -0.379 e. The van der Waals surface area contributed by atoms with Crippen molar-refractivity contribution < 1.29 is 4.74 Å². The van der Waals surface area contributed by atoms with Crippen LogP contribution >= 0.6 is 0 Å². The van der Waals surface area contributed by atoms with Crippen LogP contribution in [0, 0.1) is 11.3 Å². The molecular formula is C23H24N6O. The van der Waals surface area contributed by atoms with Gasteiger partial charge in [0, 0.05) is 49.0 Å². The van der Waals surface area contributed by atoms with Gasteiger partial charge in [0.15, 0.2) is 0 Å². The number of nitriles is 1. The summed E-state index contributed by atoms with van der Waals surface area (Å²) >= 11 is 0. The molecule has 1 saturated heterocycles. The van der Waals surface area contributed by atoms with E-state index >= 15 is 0 Å². The van der Waals surface area contributed by atoms with Gasteiger partial charge in [-0.2, -0.15) is 10.4 Å². The first-order valence-electron chi connectivity index (χ1n) is 10.3. The Balaban J connectivity index is 1.34. The van der Waals surface area contributed by atoms with Gasteiger partial charge in [0.25, 0.3) is 0 Å². The molecule has 7 heteroatoms. The molecular weight excluding hydrogens is 376 g/mol. The number of aromatic amines is 2. The van der Waals surface area contributed by atoms with Crippen LogP contribution in [0.3, 0.4) is 0 Å². The van der Waals surface area contributed by atoms with Crippen molar-refractivity contribution in [1.82, 2.24) is 25.4 Å². The van der Waals surface area contributed by atoms with Crippen LogP contribution in [0.4, 0.5) is 0 Å². The van der Waals surface area contributed by atoms with Crippen molar-refractivity contribution in [3.63, 3.8) is 0 Å². The van der Waals surface area contributed by atoms with Gasteiger partial charge in [-0.25, -0.2) is 0 Å². The highest BCUT2D eigenvalue weighted by atomic mass is 16.5. The molecule has 0 radical (unpaired) electrons. The van der Waals surface area contributed by atoms with E-state index in [1.807, 2.05) is 18.2 Å². The molecule has 4 aromatic rings. The van der Waals surface area contributed by atoms with Gasteiger partial charge in [0.2, 0.25) is 0 Å². The molecule has 1 aliphatic rings. The summed E-state index contributed by atoms with van der Waals surface area (Å²) in [5, 5.41) is 22.4. The fourth-order valence-corrected chi connectivity index (χ4v) is 4.08. The zero-order chi connectivity index (χ0) is 20.3. The Morgan fingerprint density at radius 2 is 2.00 bits per heavy atom. The van der Waals surface area contributed by atoms with Crippen molar-refractivity contribution in [2.75, 3.05) is 39.4 Å². The lowest BCUT2D eigenvalue weighted by atomic mass is 10.1. The Hall–Kier alpha value is -3.18. The van der Waals surface area contributed by atoms with Crippen LogP contribution in [-0.4, -0.2) is 59.5 Å². The van der Waals surface area contributed by atoms with Gasteiger partial charge in [-0.3, -0.25) is 10.00 Å². The number of ether oxygens (including phenoxy) is 1. The van der Waals surface area contributed by atoms with E-state index in [0.29, 0.717) is 5.56 Å². The number of hydrogen-bond donors (Lipinski definition) is 3. The van der Waals surface area contributed by atoms with Crippen molar-refractivity contribution >= 4 is 21.8 Å². The second-order valence-electron chi connectivity index (χ2n) is 7.64. The van der Waals surface area contributed by atoms with Crippen molar-refractivity contribution in [3.8, 4) is 17.5 Å². The first-order valence-corrected chi connectivity index (χ1v) is 10.3. The quantitative estimate of drug-likeness (QED) is 0.433. The number of H-pyrrole nitrogens is 2. The average molecular weight is 400 g/mol. The summed E-state index contributed by atoms with van der Waals surface area (Å²) < 4.78 is 5.41. The lowest BCUT2D eigenvalue weighted by Gasteiger charge is -2.26. The Morgan fingerprint density at radius 1 is 1.10 bits per heavy atom. The van der Waals surface area contributed by atoms with E-state index in [1.165, 1.54) is 10.9 Å². The fourth-order valence-electron chi connectivity index (χ4n) is 4.08. The molecule has 1 fully saturated rings. The van der Waals surface area contributed by atoms with Gasteiger partial charge in [-0.1, -0.05) is 12.1 Å². The number of nitrogens with one attached hydrogen (secondary N) is 3. The molecule has 30 heavy (non-hydrogen) atoms. The number of aromatic nitrogens is 3. The van der Waals surface area contributed by atoms with Crippen molar-refractivity contribution in [2.45, 2.75) is 6.54 Å². The fraction of sp³-hybridized carbons (Fsp3) is 0.304. The Morgan fingerprint density at radius 3 is 2.87 bits per heavy atom. The maximum Gasteiger partial charge on any atom is 0.116 e. The molecule has 0 spiro atoms. The highest BCUT2D eigenvalue weighted by Crippen LogP contribution is 2.30. The molecule has 7 nitrogen and oxygen atoms in total. The number of hydrogen-bond acceptors (Lipinski definition) is 5. The van der Waals surface area contributed by atoms with E-state index in [9.17, 15) is 0 Å². The predicted octanol–water partition coefficient (Wildman–Crippen LogP) is 3.00. The SMILES string of the molecule is N#Cc1ccc2c(-c3cc4c(CNCCN5CCOCC5)cccc4[nH]3)n[nH]c2c1. The third-order valence-corrected chi connectivity index (χ3v) is 5.73. The summed E-state index contributed by atoms with van der Waals surface area (Å²) in [6.07, 6.45) is 0. The molecule has 0 bridgehead atoms. The molecule has 1 aliphatic heterocycles. The van der Waals surface area contributed by atoms with E-state index in [4.69, 9.17) is 10.00 Å². The largest absolute Gasteiger partial charge is 0.379 e. The number of nitrogens with zero attached hydrogens (tertiary/aromatic N) is 3. The van der Waals surface area contributed by atoms with Crippen LogP contribution < -0.4 is 5.32 Å². The number of morpholine rings is 1. The minimum absolute atomic E-state index is 0.625. The number of rotatable bonds is 6. The second kappa shape index (κ2) is 8.28. The van der Waals surface area contributed by atoms with Crippen LogP contribution in [0.5, 0.6) is 0 Å². The van der Waals surface area contributed by atoms with Crippen LogP contribution in [0.15, 0.2) is 42.5 Å². The normalized spacial score (nSPS) is 15.0. The molecule has 0 aliphatic carbocycles. The Kier molecular flexibility index (Phi) is 5.20. The number of benzene rings is 2. The van der Waals surface area contributed by atoms with Crippen LogP contribution in [0.2, 0.25) is 0 Å². The predicted molar refractivity (Wildman–Crippen MR) is 117 cm³/mol. The summed E-state index contributed by atoms with van der Waals surface area (Å²) in [5.74, 6) is 0. The monoisotopic (exact) mass is 400 g/mol. The molecule has 152 valence electrons. The molecule has 2 aromatic heterocycles. The standard InChI is InChI=1S/C23H24N6O/c24-14-16-4-5-18-21(12-16)27-28-23(18)22-13-19-17(2-1-3-20(19)26-22)15-25-6-7-29-8-10-30-11-9-29/h1-5,12-13,25-26H,6-11,15H2,(H,27,28). The Bertz CT molecular complexity index is 1210. The van der Waals surface area contributed by atoms with Crippen LogP contribution in [0.25, 0.3) is 33.2 Å². The lowest BCUT2D eigenvalue weighted by Crippen LogP contribution is -2.40. The summed E-state index contributed by atoms with van der Waals surface area (Å²) in [6, 6.07) is 16.3. The third kappa shape index (κ3) is 3.68. The van der Waals surface area contributed by atoms with Gasteiger partial charge >= 0.3 is 0 Å². The summed E-state index contributed by atoms with van der Waals surface area (Å²) in [4.78, 5) is 5.94. The van der Waals surface area contributed by atoms with E-state index in [-0.39, 0.29) is 0 Å². The van der Waals surface area contributed by atoms with Crippen LogP contribution in [-0.2, 0) is 11.3 Å². The van der Waals surface area contributed by atoms with Crippen molar-refractivity contribution in [1.29, 1.82) is 5.26 Å². The summed E-state index contributed by atoms with van der Waals surface area (Å²) in [6.45, 7) is 6.54. The molecule has 0 saturated carbocycles. The second-order valence-corrected chi connectivity index (χ2v) is 7.64. The highest BCUT2D eigenvalue weighted by molar-refractivity contribution is 5.96. The van der Waals surface area contributed by atoms with Crippen LogP contribution in [0.1, 0.15) is 11.1 Å². The molecule has 3 N–H and O–H groups in total. The molecule has 5 rings (SSSR count). The number of fused-ring (bicyclic) bond motifs is 2. The molecule has 2 aromatic carbocycles. The minimum atomic E-state index is 0.625. The molecule has 0 unspecified atom stereocenters. The topological polar surface area (TPSA) is 92.8 Å². The summed E-state index contributed by atoms with van der Waals surface area (Å²) in [7, 11) is 0. The highest BCUT2D eigenvalue weighted by Gasteiger charge is 2.13. The average Bonchev–Trinajstić information content (AvgIpc) is 3.41. The van der Waals surface area contributed by atoms with E-state index in [1.54, 1.807) is 0 Å². The van der Waals surface area contributed by atoms with E-state index in [2.05, 4.69) is 55.7 Å². The summed E-state index contributed by atoms with van der Waals surface area (Å²) in [5.41, 5.74) is 5.71. The smallest absolute Gasteiger partial charge is 0.116 e. The zero-order valence-corrected chi connectivity index (χ0v) is 16.7. The van der Waals surface area contributed by atoms with Gasteiger partial charge in [0.1, 0.15) is 5.69 Å². The zero-order valence-electron chi connectivity index (χ0n) is 16.7. The van der Waals surface area contributed by atoms with Gasteiger partial charge in [-0.05, 0) is 35.9 Å². The molecule has 0 atom stereocenters. The first kappa shape index (κ1) is 18.8. The Labute approximate surface area is 174 Å². The maximum atomic E-state index is 9.10.